The van der Waals surface area contributed by atoms with Crippen LogP contribution in [0.5, 0.6) is 17.2 Å². The number of hydrogen-bond acceptors (Lipinski definition) is 8. The van der Waals surface area contributed by atoms with E-state index in [9.17, 15) is 8.42 Å². The molecule has 0 atom stereocenters. The summed E-state index contributed by atoms with van der Waals surface area (Å²) in [6, 6.07) is 2.80. The number of anilines is 1. The molecule has 0 saturated heterocycles. The van der Waals surface area contributed by atoms with Crippen molar-refractivity contribution in [2.45, 2.75) is 9.10 Å². The molecule has 0 bridgehead atoms. The summed E-state index contributed by atoms with van der Waals surface area (Å²) in [5.41, 5.74) is 0. The minimum Gasteiger partial charge on any atom is -0.493 e. The summed E-state index contributed by atoms with van der Waals surface area (Å²) in [5, 5.41) is 3.33. The van der Waals surface area contributed by atoms with Gasteiger partial charge in [0.15, 0.2) is 16.6 Å². The van der Waals surface area contributed by atoms with E-state index in [1.807, 2.05) is 0 Å². The quantitative estimate of drug-likeness (QED) is 0.858. The van der Waals surface area contributed by atoms with Crippen LogP contribution in [0.2, 0.25) is 0 Å². The first-order valence-electron chi connectivity index (χ1n) is 6.16. The molecular formula is C13H16N2O5S2. The fourth-order valence-corrected chi connectivity index (χ4v) is 4.24. The van der Waals surface area contributed by atoms with Crippen LogP contribution in [0, 0.1) is 0 Å². The molecule has 0 unspecified atom stereocenters. The number of thiazole rings is 1. The average Bonchev–Trinajstić information content (AvgIpc) is 3.03. The molecule has 1 N–H and O–H groups in total. The number of nitrogens with zero attached hydrogens (tertiary/aromatic N) is 1. The Hall–Kier alpha value is -2.00. The highest BCUT2D eigenvalue weighted by Crippen LogP contribution is 2.41. The third-order valence-corrected chi connectivity index (χ3v) is 6.12. The molecule has 1 heterocycles. The Morgan fingerprint density at radius 3 is 2.09 bits per heavy atom. The number of methoxy groups -OCH3 is 3. The molecule has 7 nitrogen and oxygen atoms in total. The Labute approximate surface area is 132 Å². The predicted molar refractivity (Wildman–Crippen MR) is 83.2 cm³/mol. The van der Waals surface area contributed by atoms with Gasteiger partial charge in [-0.25, -0.2) is 13.4 Å². The smallest absolute Gasteiger partial charge is 0.217 e. The van der Waals surface area contributed by atoms with E-state index in [4.69, 9.17) is 14.2 Å². The van der Waals surface area contributed by atoms with Crippen molar-refractivity contribution in [2.24, 2.45) is 0 Å². The zero-order valence-corrected chi connectivity index (χ0v) is 14.2. The third-order valence-electron chi connectivity index (χ3n) is 2.91. The van der Waals surface area contributed by atoms with E-state index >= 15 is 0 Å². The first-order valence-corrected chi connectivity index (χ1v) is 8.46. The van der Waals surface area contributed by atoms with Gasteiger partial charge in [-0.2, -0.15) is 0 Å². The molecule has 22 heavy (non-hydrogen) atoms. The van der Waals surface area contributed by atoms with E-state index in [2.05, 4.69) is 10.3 Å². The lowest BCUT2D eigenvalue weighted by Gasteiger charge is -2.13. The zero-order chi connectivity index (χ0) is 16.3. The van der Waals surface area contributed by atoms with Crippen molar-refractivity contribution in [3.05, 3.63) is 18.3 Å². The Bertz CT molecular complexity index is 745. The van der Waals surface area contributed by atoms with Gasteiger partial charge in [0.05, 0.1) is 32.4 Å². The number of aromatic nitrogens is 1. The lowest BCUT2D eigenvalue weighted by Crippen LogP contribution is -2.03. The van der Waals surface area contributed by atoms with Crippen LogP contribution in [0.4, 0.5) is 5.13 Å². The van der Waals surface area contributed by atoms with Crippen LogP contribution in [0.25, 0.3) is 0 Å². The van der Waals surface area contributed by atoms with Crippen LogP contribution in [-0.2, 0) is 9.84 Å². The van der Waals surface area contributed by atoms with Gasteiger partial charge in [0.25, 0.3) is 0 Å². The first-order chi connectivity index (χ1) is 10.5. The molecule has 1 aromatic heterocycles. The number of benzene rings is 1. The van der Waals surface area contributed by atoms with E-state index in [1.54, 1.807) is 7.05 Å². The van der Waals surface area contributed by atoms with Crippen LogP contribution in [0.3, 0.4) is 0 Å². The fraction of sp³-hybridized carbons (Fsp3) is 0.308. The summed E-state index contributed by atoms with van der Waals surface area (Å²) >= 11 is 1.05. The number of hydrogen-bond donors (Lipinski definition) is 1. The topological polar surface area (TPSA) is 86.8 Å². The number of ether oxygens (including phenoxy) is 3. The molecule has 0 fully saturated rings. The minimum atomic E-state index is -3.72. The maximum absolute atomic E-state index is 12.7. The van der Waals surface area contributed by atoms with Gasteiger partial charge >= 0.3 is 0 Å². The van der Waals surface area contributed by atoms with Gasteiger partial charge in [-0.3, -0.25) is 0 Å². The highest BCUT2D eigenvalue weighted by Gasteiger charge is 2.25. The zero-order valence-electron chi connectivity index (χ0n) is 12.5. The third kappa shape index (κ3) is 2.81. The van der Waals surface area contributed by atoms with Crippen molar-refractivity contribution in [2.75, 3.05) is 33.7 Å². The summed E-state index contributed by atoms with van der Waals surface area (Å²) in [7, 11) is 2.27. The van der Waals surface area contributed by atoms with Gasteiger partial charge < -0.3 is 19.5 Å². The average molecular weight is 344 g/mol. The summed E-state index contributed by atoms with van der Waals surface area (Å²) < 4.78 is 41.1. The van der Waals surface area contributed by atoms with Gasteiger partial charge in [-0.1, -0.05) is 11.3 Å². The van der Waals surface area contributed by atoms with Gasteiger partial charge in [-0.05, 0) is 0 Å². The summed E-state index contributed by atoms with van der Waals surface area (Å²) in [4.78, 5) is 4.04. The molecule has 0 aliphatic carbocycles. The Kier molecular flexibility index (Phi) is 4.77. The largest absolute Gasteiger partial charge is 0.493 e. The second-order valence-corrected chi connectivity index (χ2v) is 7.31. The molecule has 2 rings (SSSR count). The number of sulfone groups is 1. The van der Waals surface area contributed by atoms with Crippen LogP contribution in [-0.4, -0.2) is 41.8 Å². The summed E-state index contributed by atoms with van der Waals surface area (Å²) in [6.07, 6.45) is 1.31. The van der Waals surface area contributed by atoms with Crippen LogP contribution in [0.15, 0.2) is 27.4 Å². The maximum atomic E-state index is 12.7. The van der Waals surface area contributed by atoms with Gasteiger partial charge in [-0.15, -0.1) is 0 Å². The van der Waals surface area contributed by atoms with Crippen LogP contribution < -0.4 is 19.5 Å². The highest BCUT2D eigenvalue weighted by atomic mass is 32.2. The maximum Gasteiger partial charge on any atom is 0.217 e. The fourth-order valence-electron chi connectivity index (χ4n) is 1.83. The van der Waals surface area contributed by atoms with Crippen LogP contribution in [0.1, 0.15) is 0 Å². The number of nitrogens with one attached hydrogen (secondary N) is 1. The summed E-state index contributed by atoms with van der Waals surface area (Å²) in [5.74, 6) is 0.890. The highest BCUT2D eigenvalue weighted by molar-refractivity contribution is 7.93. The minimum absolute atomic E-state index is 0.0494. The predicted octanol–water partition coefficient (Wildman–Crippen LogP) is 2.04. The van der Waals surface area contributed by atoms with E-state index < -0.39 is 9.84 Å². The van der Waals surface area contributed by atoms with Gasteiger partial charge in [0.1, 0.15) is 4.21 Å². The molecule has 2 aromatic rings. The molecule has 0 spiro atoms. The van der Waals surface area contributed by atoms with E-state index in [1.165, 1.54) is 39.7 Å². The molecule has 120 valence electrons. The molecular weight excluding hydrogens is 328 g/mol. The number of rotatable bonds is 6. The summed E-state index contributed by atoms with van der Waals surface area (Å²) in [6.45, 7) is 0. The Morgan fingerprint density at radius 2 is 1.68 bits per heavy atom. The molecule has 0 aliphatic heterocycles. The lowest BCUT2D eigenvalue weighted by molar-refractivity contribution is 0.323. The molecule has 0 radical (unpaired) electrons. The van der Waals surface area contributed by atoms with Crippen molar-refractivity contribution in [3.63, 3.8) is 0 Å². The lowest BCUT2D eigenvalue weighted by atomic mass is 10.3. The standard InChI is InChI=1S/C13H16N2O5S2/c1-14-13-15-7-11(21-13)22(16,17)8-5-9(18-2)12(20-4)10(6-8)19-3/h5-7H,1-4H3,(H,14,15). The second-order valence-electron chi connectivity index (χ2n) is 4.10. The molecule has 0 aliphatic rings. The monoisotopic (exact) mass is 344 g/mol. The van der Waals surface area contributed by atoms with Crippen molar-refractivity contribution < 1.29 is 22.6 Å². The first kappa shape index (κ1) is 16.4. The SMILES string of the molecule is CNc1ncc(S(=O)(=O)c2cc(OC)c(OC)c(OC)c2)s1. The molecule has 9 heteroatoms. The van der Waals surface area contributed by atoms with E-state index in [-0.39, 0.29) is 20.6 Å². The van der Waals surface area contributed by atoms with Crippen LogP contribution >= 0.6 is 11.3 Å². The van der Waals surface area contributed by atoms with Gasteiger partial charge in [0, 0.05) is 19.2 Å². The second kappa shape index (κ2) is 6.41. The van der Waals surface area contributed by atoms with E-state index in [0.29, 0.717) is 10.9 Å². The molecule has 0 saturated carbocycles. The van der Waals surface area contributed by atoms with Gasteiger partial charge in [0.2, 0.25) is 15.6 Å². The Morgan fingerprint density at radius 1 is 1.09 bits per heavy atom. The van der Waals surface area contributed by atoms with Crippen molar-refractivity contribution in [1.82, 2.24) is 4.98 Å². The van der Waals surface area contributed by atoms with Crippen molar-refractivity contribution in [3.8, 4) is 17.2 Å². The van der Waals surface area contributed by atoms with Crippen molar-refractivity contribution in [1.29, 1.82) is 0 Å². The molecule has 1 aromatic carbocycles. The normalized spacial score (nSPS) is 11.1. The van der Waals surface area contributed by atoms with E-state index in [0.717, 1.165) is 11.3 Å². The molecule has 0 amide bonds. The Balaban J connectivity index is 2.60. The van der Waals surface area contributed by atoms with Crippen molar-refractivity contribution >= 4 is 26.3 Å².